The van der Waals surface area contributed by atoms with Crippen LogP contribution in [0.25, 0.3) is 0 Å². The molecule has 1 aliphatic heterocycles. The van der Waals surface area contributed by atoms with E-state index in [2.05, 4.69) is 14.9 Å². The third kappa shape index (κ3) is 3.48. The molecule has 10 heteroatoms. The standard InChI is InChI=1S/C18H17N5O3S2/c1-22-11-19-20-18(22)27-14-5-3-13(4-6-14)21-28(25,26)15-7-8-16-12(9-15)10-17(24)23(16)2/h3-9,11,21H,10H2,1-2H3. The summed E-state index contributed by atoms with van der Waals surface area (Å²) >= 11 is 1.43. The number of hydrogen-bond acceptors (Lipinski definition) is 6. The molecule has 144 valence electrons. The molecular formula is C18H17N5O3S2. The highest BCUT2D eigenvalue weighted by molar-refractivity contribution is 7.99. The highest BCUT2D eigenvalue weighted by Gasteiger charge is 2.26. The molecule has 0 unspecified atom stereocenters. The van der Waals surface area contributed by atoms with E-state index in [4.69, 9.17) is 0 Å². The quantitative estimate of drug-likeness (QED) is 0.687. The summed E-state index contributed by atoms with van der Waals surface area (Å²) in [5.74, 6) is -0.0477. The third-order valence-corrected chi connectivity index (χ3v) is 6.86. The van der Waals surface area contributed by atoms with Crippen LogP contribution < -0.4 is 9.62 Å². The van der Waals surface area contributed by atoms with Gasteiger partial charge in [0.1, 0.15) is 6.33 Å². The number of amides is 1. The van der Waals surface area contributed by atoms with E-state index in [1.807, 2.05) is 19.2 Å². The van der Waals surface area contributed by atoms with Crippen LogP contribution in [0.15, 0.2) is 63.7 Å². The fourth-order valence-corrected chi connectivity index (χ4v) is 4.76. The first-order chi connectivity index (χ1) is 13.3. The van der Waals surface area contributed by atoms with E-state index in [0.29, 0.717) is 11.3 Å². The highest BCUT2D eigenvalue weighted by atomic mass is 32.2. The number of likely N-dealkylation sites (N-methyl/N-ethyl adjacent to an activating group) is 1. The summed E-state index contributed by atoms with van der Waals surface area (Å²) in [7, 11) is -0.217. The number of fused-ring (bicyclic) bond motifs is 1. The smallest absolute Gasteiger partial charge is 0.261 e. The first-order valence-electron chi connectivity index (χ1n) is 8.38. The third-order valence-electron chi connectivity index (χ3n) is 4.42. The summed E-state index contributed by atoms with van der Waals surface area (Å²) in [5, 5.41) is 8.58. The number of carbonyl (C=O) groups is 1. The Morgan fingerprint density at radius 1 is 1.11 bits per heavy atom. The van der Waals surface area contributed by atoms with E-state index in [-0.39, 0.29) is 17.2 Å². The van der Waals surface area contributed by atoms with Crippen LogP contribution in [0.5, 0.6) is 0 Å². The van der Waals surface area contributed by atoms with Gasteiger partial charge in [0.25, 0.3) is 10.0 Å². The Bertz CT molecular complexity index is 1160. The van der Waals surface area contributed by atoms with E-state index in [0.717, 1.165) is 15.7 Å². The van der Waals surface area contributed by atoms with Crippen LogP contribution in [-0.4, -0.2) is 36.1 Å². The molecule has 1 N–H and O–H groups in total. The fraction of sp³-hybridized carbons (Fsp3) is 0.167. The SMILES string of the molecule is CN1C(=O)Cc2cc(S(=O)(=O)Nc3ccc(Sc4nncn4C)cc3)ccc21. The van der Waals surface area contributed by atoms with Crippen molar-refractivity contribution < 1.29 is 13.2 Å². The molecular weight excluding hydrogens is 398 g/mol. The van der Waals surface area contributed by atoms with Crippen molar-refractivity contribution in [2.75, 3.05) is 16.7 Å². The van der Waals surface area contributed by atoms with Crippen LogP contribution in [0.2, 0.25) is 0 Å². The predicted octanol–water partition coefficient (Wildman–Crippen LogP) is 2.29. The van der Waals surface area contributed by atoms with E-state index in [1.165, 1.54) is 22.7 Å². The van der Waals surface area contributed by atoms with Crippen LogP contribution in [0, 0.1) is 0 Å². The van der Waals surface area contributed by atoms with Gasteiger partial charge in [-0.25, -0.2) is 8.42 Å². The minimum absolute atomic E-state index is 0.0477. The minimum Gasteiger partial charge on any atom is -0.315 e. The molecule has 0 saturated heterocycles. The lowest BCUT2D eigenvalue weighted by atomic mass is 10.2. The van der Waals surface area contributed by atoms with Gasteiger partial charge in [-0.3, -0.25) is 9.52 Å². The Labute approximate surface area is 166 Å². The van der Waals surface area contributed by atoms with Gasteiger partial charge in [-0.2, -0.15) is 0 Å². The van der Waals surface area contributed by atoms with Crippen molar-refractivity contribution >= 4 is 39.1 Å². The molecule has 4 rings (SSSR count). The number of aromatic nitrogens is 3. The lowest BCUT2D eigenvalue weighted by molar-refractivity contribution is -0.117. The lowest BCUT2D eigenvalue weighted by Crippen LogP contribution is -2.20. The summed E-state index contributed by atoms with van der Waals surface area (Å²) in [4.78, 5) is 14.4. The molecule has 1 aromatic heterocycles. The van der Waals surface area contributed by atoms with Crippen LogP contribution >= 0.6 is 11.8 Å². The largest absolute Gasteiger partial charge is 0.315 e. The van der Waals surface area contributed by atoms with Gasteiger partial charge in [0, 0.05) is 30.4 Å². The van der Waals surface area contributed by atoms with Gasteiger partial charge in [0.2, 0.25) is 5.91 Å². The van der Waals surface area contributed by atoms with E-state index in [9.17, 15) is 13.2 Å². The van der Waals surface area contributed by atoms with Crippen molar-refractivity contribution in [2.45, 2.75) is 21.4 Å². The number of sulfonamides is 1. The van der Waals surface area contributed by atoms with Crippen molar-refractivity contribution in [3.63, 3.8) is 0 Å². The normalized spacial score (nSPS) is 13.6. The maximum Gasteiger partial charge on any atom is 0.261 e. The summed E-state index contributed by atoms with van der Waals surface area (Å²) in [5.41, 5.74) is 1.91. The number of rotatable bonds is 5. The van der Waals surface area contributed by atoms with E-state index >= 15 is 0 Å². The summed E-state index contributed by atoms with van der Waals surface area (Å²) < 4.78 is 29.8. The maximum absolute atomic E-state index is 12.7. The second-order valence-electron chi connectivity index (χ2n) is 6.38. The molecule has 0 spiro atoms. The van der Waals surface area contributed by atoms with Gasteiger partial charge in [0.05, 0.1) is 11.3 Å². The number of hydrogen-bond donors (Lipinski definition) is 1. The molecule has 28 heavy (non-hydrogen) atoms. The molecule has 0 atom stereocenters. The van der Waals surface area contributed by atoms with Gasteiger partial charge in [-0.1, -0.05) is 0 Å². The molecule has 0 bridgehead atoms. The Morgan fingerprint density at radius 3 is 2.54 bits per heavy atom. The minimum atomic E-state index is -3.75. The average molecular weight is 416 g/mol. The first-order valence-corrected chi connectivity index (χ1v) is 10.7. The van der Waals surface area contributed by atoms with E-state index in [1.54, 1.807) is 42.2 Å². The number of carbonyl (C=O) groups excluding carboxylic acids is 1. The number of aryl methyl sites for hydroxylation is 1. The molecule has 1 aliphatic rings. The Kier molecular flexibility index (Phi) is 4.60. The van der Waals surface area contributed by atoms with Crippen LogP contribution in [0.3, 0.4) is 0 Å². The first kappa shape index (κ1) is 18.5. The van der Waals surface area contributed by atoms with Gasteiger partial charge in [-0.05, 0) is 59.8 Å². The number of benzene rings is 2. The number of nitrogens with zero attached hydrogens (tertiary/aromatic N) is 4. The van der Waals surface area contributed by atoms with Gasteiger partial charge in [-0.15, -0.1) is 10.2 Å². The average Bonchev–Trinajstić information content (AvgIpc) is 3.19. The van der Waals surface area contributed by atoms with Crippen LogP contribution in [0.4, 0.5) is 11.4 Å². The van der Waals surface area contributed by atoms with Crippen molar-refractivity contribution in [1.82, 2.24) is 14.8 Å². The van der Waals surface area contributed by atoms with Gasteiger partial charge in [0.15, 0.2) is 5.16 Å². The Morgan fingerprint density at radius 2 is 1.86 bits per heavy atom. The van der Waals surface area contributed by atoms with Crippen molar-refractivity contribution in [3.8, 4) is 0 Å². The zero-order chi connectivity index (χ0) is 19.9. The Balaban J connectivity index is 1.51. The predicted molar refractivity (Wildman–Crippen MR) is 106 cm³/mol. The number of nitrogens with one attached hydrogen (secondary N) is 1. The zero-order valence-electron chi connectivity index (χ0n) is 15.2. The molecule has 0 radical (unpaired) electrons. The fourth-order valence-electron chi connectivity index (χ4n) is 2.89. The van der Waals surface area contributed by atoms with Crippen molar-refractivity contribution in [3.05, 3.63) is 54.4 Å². The topological polar surface area (TPSA) is 97.2 Å². The van der Waals surface area contributed by atoms with Crippen molar-refractivity contribution in [1.29, 1.82) is 0 Å². The highest BCUT2D eigenvalue weighted by Crippen LogP contribution is 2.31. The Hall–Kier alpha value is -2.85. The second-order valence-corrected chi connectivity index (χ2v) is 9.10. The summed E-state index contributed by atoms with van der Waals surface area (Å²) in [6.45, 7) is 0. The molecule has 2 heterocycles. The maximum atomic E-state index is 12.7. The summed E-state index contributed by atoms with van der Waals surface area (Å²) in [6.07, 6.45) is 1.83. The molecule has 0 aliphatic carbocycles. The summed E-state index contributed by atoms with van der Waals surface area (Å²) in [6, 6.07) is 11.7. The monoisotopic (exact) mass is 415 g/mol. The van der Waals surface area contributed by atoms with E-state index < -0.39 is 10.0 Å². The molecule has 0 fully saturated rings. The lowest BCUT2D eigenvalue weighted by Gasteiger charge is -2.12. The van der Waals surface area contributed by atoms with Crippen LogP contribution in [-0.2, 0) is 28.3 Å². The van der Waals surface area contributed by atoms with Gasteiger partial charge >= 0.3 is 0 Å². The number of anilines is 2. The van der Waals surface area contributed by atoms with Crippen molar-refractivity contribution in [2.24, 2.45) is 7.05 Å². The van der Waals surface area contributed by atoms with Crippen LogP contribution in [0.1, 0.15) is 5.56 Å². The molecule has 1 amide bonds. The zero-order valence-corrected chi connectivity index (χ0v) is 16.8. The van der Waals surface area contributed by atoms with Gasteiger partial charge < -0.3 is 9.47 Å². The molecule has 8 nitrogen and oxygen atoms in total. The molecule has 2 aromatic carbocycles. The molecule has 3 aromatic rings. The molecule has 0 saturated carbocycles. The second kappa shape index (κ2) is 6.95.